The predicted molar refractivity (Wildman–Crippen MR) is 96.4 cm³/mol. The fraction of sp³-hybridized carbons (Fsp3) is 0.474. The number of esters is 1. The quantitative estimate of drug-likeness (QED) is 0.517. The molecule has 0 saturated heterocycles. The van der Waals surface area contributed by atoms with Crippen LogP contribution in [0.2, 0.25) is 0 Å². The zero-order valence-corrected chi connectivity index (χ0v) is 15.4. The number of urea groups is 1. The Balaban J connectivity index is 2.57. The van der Waals surface area contributed by atoms with Gasteiger partial charge in [0.05, 0.1) is 6.42 Å². The highest BCUT2D eigenvalue weighted by Crippen LogP contribution is 2.12. The Labute approximate surface area is 153 Å². The number of carbonyl (C=O) groups is 4. The van der Waals surface area contributed by atoms with Gasteiger partial charge in [0.2, 0.25) is 0 Å². The highest BCUT2D eigenvalue weighted by atomic mass is 16.5. The van der Waals surface area contributed by atoms with Crippen LogP contribution < -0.4 is 11.1 Å². The summed E-state index contributed by atoms with van der Waals surface area (Å²) in [4.78, 5) is 46.7. The monoisotopic (exact) mass is 362 g/mol. The van der Waals surface area contributed by atoms with Crippen LogP contribution in [0.5, 0.6) is 0 Å². The van der Waals surface area contributed by atoms with Crippen molar-refractivity contribution in [3.05, 3.63) is 35.4 Å². The summed E-state index contributed by atoms with van der Waals surface area (Å²) in [6, 6.07) is 6.28. The van der Waals surface area contributed by atoms with Gasteiger partial charge in [0, 0.05) is 12.0 Å². The molecular weight excluding hydrogens is 336 g/mol. The van der Waals surface area contributed by atoms with Crippen LogP contribution in [0.15, 0.2) is 24.3 Å². The number of hydrogen-bond donors (Lipinski definition) is 2. The maximum atomic E-state index is 12.2. The molecule has 1 rings (SSSR count). The summed E-state index contributed by atoms with van der Waals surface area (Å²) in [5.74, 6) is -1.98. The van der Waals surface area contributed by atoms with Crippen LogP contribution in [0, 0.1) is 5.92 Å². The molecule has 0 heterocycles. The van der Waals surface area contributed by atoms with E-state index in [4.69, 9.17) is 10.5 Å². The first-order valence-corrected chi connectivity index (χ1v) is 8.66. The molecule has 7 heteroatoms. The second-order valence-corrected chi connectivity index (χ2v) is 6.38. The molecule has 3 N–H and O–H groups in total. The summed E-state index contributed by atoms with van der Waals surface area (Å²) in [6.45, 7) is 5.42. The van der Waals surface area contributed by atoms with Crippen LogP contribution in [0.4, 0.5) is 4.79 Å². The summed E-state index contributed by atoms with van der Waals surface area (Å²) in [7, 11) is 0. The molecule has 0 aliphatic heterocycles. The first-order valence-electron chi connectivity index (χ1n) is 8.66. The van der Waals surface area contributed by atoms with Gasteiger partial charge in [0.1, 0.15) is 0 Å². The molecule has 1 aromatic carbocycles. The third-order valence-corrected chi connectivity index (χ3v) is 3.74. The van der Waals surface area contributed by atoms with E-state index < -0.39 is 24.0 Å². The van der Waals surface area contributed by atoms with Crippen molar-refractivity contribution in [1.82, 2.24) is 5.32 Å². The molecule has 0 aromatic heterocycles. The Kier molecular flexibility index (Phi) is 8.48. The molecule has 0 aliphatic carbocycles. The van der Waals surface area contributed by atoms with Crippen molar-refractivity contribution in [2.75, 3.05) is 0 Å². The largest absolute Gasteiger partial charge is 0.452 e. The number of amides is 3. The minimum atomic E-state index is -1.14. The van der Waals surface area contributed by atoms with Crippen LogP contribution in [-0.2, 0) is 20.7 Å². The van der Waals surface area contributed by atoms with Crippen molar-refractivity contribution in [2.45, 2.75) is 52.6 Å². The van der Waals surface area contributed by atoms with Crippen molar-refractivity contribution in [2.24, 2.45) is 11.7 Å². The molecule has 7 nitrogen and oxygen atoms in total. The summed E-state index contributed by atoms with van der Waals surface area (Å²) in [6.07, 6.45) is 0.666. The Bertz CT molecular complexity index is 652. The maximum Gasteiger partial charge on any atom is 0.318 e. The van der Waals surface area contributed by atoms with Crippen molar-refractivity contribution >= 4 is 23.7 Å². The molecule has 0 bridgehead atoms. The zero-order valence-electron chi connectivity index (χ0n) is 15.4. The highest BCUT2D eigenvalue weighted by Gasteiger charge is 2.27. The SMILES string of the molecule is CCCc1ccc(C(=O)CCC(=O)O[C@H](C(=O)NC(N)=O)C(C)C)cc1. The highest BCUT2D eigenvalue weighted by molar-refractivity contribution is 5.98. The van der Waals surface area contributed by atoms with E-state index in [1.807, 2.05) is 17.4 Å². The van der Waals surface area contributed by atoms with E-state index in [9.17, 15) is 19.2 Å². The fourth-order valence-electron chi connectivity index (χ4n) is 2.39. The number of benzene rings is 1. The number of aryl methyl sites for hydroxylation is 1. The van der Waals surface area contributed by atoms with Gasteiger partial charge in [0.25, 0.3) is 5.91 Å². The van der Waals surface area contributed by atoms with Gasteiger partial charge in [-0.1, -0.05) is 51.5 Å². The Morgan fingerprint density at radius 2 is 1.69 bits per heavy atom. The summed E-state index contributed by atoms with van der Waals surface area (Å²) >= 11 is 0. The number of carbonyl (C=O) groups excluding carboxylic acids is 4. The third-order valence-electron chi connectivity index (χ3n) is 3.74. The van der Waals surface area contributed by atoms with E-state index in [0.29, 0.717) is 5.56 Å². The number of imide groups is 1. The average molecular weight is 362 g/mol. The Morgan fingerprint density at radius 3 is 2.19 bits per heavy atom. The van der Waals surface area contributed by atoms with E-state index in [1.165, 1.54) is 0 Å². The molecule has 0 aliphatic rings. The third kappa shape index (κ3) is 7.04. The number of ether oxygens (including phenoxy) is 1. The van der Waals surface area contributed by atoms with Crippen molar-refractivity contribution in [3.8, 4) is 0 Å². The van der Waals surface area contributed by atoms with Gasteiger partial charge >= 0.3 is 12.0 Å². The lowest BCUT2D eigenvalue weighted by atomic mass is 10.0. The van der Waals surface area contributed by atoms with Gasteiger partial charge in [-0.2, -0.15) is 0 Å². The molecule has 26 heavy (non-hydrogen) atoms. The second kappa shape index (κ2) is 10.3. The lowest BCUT2D eigenvalue weighted by Crippen LogP contribution is -2.45. The van der Waals surface area contributed by atoms with Gasteiger partial charge < -0.3 is 10.5 Å². The van der Waals surface area contributed by atoms with Crippen LogP contribution in [0.3, 0.4) is 0 Å². The molecule has 142 valence electrons. The standard InChI is InChI=1S/C19H26N2O5/c1-4-5-13-6-8-14(9-7-13)15(22)10-11-16(23)26-17(12(2)3)18(24)21-19(20)25/h6-9,12,17H,4-5,10-11H2,1-3H3,(H3,20,21,24,25)/t17-/m0/s1. The van der Waals surface area contributed by atoms with E-state index in [2.05, 4.69) is 6.92 Å². The maximum absolute atomic E-state index is 12.2. The molecule has 0 saturated carbocycles. The minimum absolute atomic E-state index is 0.0196. The molecular formula is C19H26N2O5. The molecule has 0 spiro atoms. The van der Waals surface area contributed by atoms with Gasteiger partial charge in [-0.15, -0.1) is 0 Å². The normalized spacial score (nSPS) is 11.7. The summed E-state index contributed by atoms with van der Waals surface area (Å²) in [5, 5.41) is 1.89. The fourth-order valence-corrected chi connectivity index (χ4v) is 2.39. The molecule has 0 unspecified atom stereocenters. The first-order chi connectivity index (χ1) is 12.2. The van der Waals surface area contributed by atoms with Crippen LogP contribution in [0.25, 0.3) is 0 Å². The van der Waals surface area contributed by atoms with Gasteiger partial charge in [0.15, 0.2) is 11.9 Å². The molecule has 0 fully saturated rings. The van der Waals surface area contributed by atoms with Crippen molar-refractivity contribution < 1.29 is 23.9 Å². The van der Waals surface area contributed by atoms with Crippen LogP contribution in [0.1, 0.15) is 56.0 Å². The zero-order chi connectivity index (χ0) is 19.7. The molecule has 1 aromatic rings. The summed E-state index contributed by atoms with van der Waals surface area (Å²) in [5.41, 5.74) is 6.59. The van der Waals surface area contributed by atoms with Crippen molar-refractivity contribution in [3.63, 3.8) is 0 Å². The minimum Gasteiger partial charge on any atom is -0.452 e. The average Bonchev–Trinajstić information content (AvgIpc) is 2.57. The Hall–Kier alpha value is -2.70. The summed E-state index contributed by atoms with van der Waals surface area (Å²) < 4.78 is 5.10. The van der Waals surface area contributed by atoms with Crippen LogP contribution in [-0.4, -0.2) is 29.8 Å². The first kappa shape index (κ1) is 21.3. The number of Topliss-reactive ketones (excluding diaryl/α,β-unsaturated/α-hetero) is 1. The number of nitrogens with two attached hydrogens (primary N) is 1. The van der Waals surface area contributed by atoms with Gasteiger partial charge in [-0.05, 0) is 17.9 Å². The predicted octanol–water partition coefficient (Wildman–Crippen LogP) is 2.36. The van der Waals surface area contributed by atoms with E-state index in [1.54, 1.807) is 26.0 Å². The molecule has 1 atom stereocenters. The van der Waals surface area contributed by atoms with Gasteiger partial charge in [-0.3, -0.25) is 19.7 Å². The van der Waals surface area contributed by atoms with Crippen molar-refractivity contribution in [1.29, 1.82) is 0 Å². The number of nitrogens with one attached hydrogen (secondary N) is 1. The smallest absolute Gasteiger partial charge is 0.318 e. The van der Waals surface area contributed by atoms with Crippen LogP contribution >= 0.6 is 0 Å². The van der Waals surface area contributed by atoms with Gasteiger partial charge in [-0.25, -0.2) is 4.79 Å². The van der Waals surface area contributed by atoms with E-state index >= 15 is 0 Å². The number of ketones is 1. The number of hydrogen-bond acceptors (Lipinski definition) is 5. The van der Waals surface area contributed by atoms with E-state index in [0.717, 1.165) is 18.4 Å². The van der Waals surface area contributed by atoms with E-state index in [-0.39, 0.29) is 24.5 Å². The lowest BCUT2D eigenvalue weighted by molar-refractivity contribution is -0.158. The molecule has 3 amide bonds. The molecule has 0 radical (unpaired) electrons. The number of rotatable bonds is 9. The second-order valence-electron chi connectivity index (χ2n) is 6.38. The number of primary amides is 1. The topological polar surface area (TPSA) is 116 Å². The lowest BCUT2D eigenvalue weighted by Gasteiger charge is -2.19. The Morgan fingerprint density at radius 1 is 1.08 bits per heavy atom.